The van der Waals surface area contributed by atoms with Crippen LogP contribution in [-0.2, 0) is 16.9 Å². The van der Waals surface area contributed by atoms with Crippen molar-refractivity contribution in [2.24, 2.45) is 7.05 Å². The van der Waals surface area contributed by atoms with Crippen molar-refractivity contribution in [2.75, 3.05) is 25.2 Å². The summed E-state index contributed by atoms with van der Waals surface area (Å²) in [6, 6.07) is 9.10. The summed E-state index contributed by atoms with van der Waals surface area (Å²) in [4.78, 5) is 12.0. The average molecular weight is 389 g/mol. The smallest absolute Gasteiger partial charge is 0.292 e. The lowest BCUT2D eigenvalue weighted by molar-refractivity contribution is 0.371. The van der Waals surface area contributed by atoms with Gasteiger partial charge in [0.15, 0.2) is 15.6 Å². The number of aryl methyl sites for hydroxylation is 1. The molecule has 7 heteroatoms. The van der Waals surface area contributed by atoms with Crippen molar-refractivity contribution >= 4 is 9.84 Å². The molecule has 0 saturated heterocycles. The lowest BCUT2D eigenvalue weighted by Gasteiger charge is -2.12. The first-order valence-corrected chi connectivity index (χ1v) is 10.3. The van der Waals surface area contributed by atoms with E-state index in [2.05, 4.69) is 11.8 Å². The van der Waals surface area contributed by atoms with Crippen molar-refractivity contribution in [3.8, 4) is 34.5 Å². The maximum Gasteiger partial charge on any atom is 0.292 e. The molecule has 0 aliphatic heterocycles. The molecule has 0 bridgehead atoms. The Balaban J connectivity index is 2.14. The molecule has 0 saturated carbocycles. The van der Waals surface area contributed by atoms with Crippen LogP contribution in [0.25, 0.3) is 11.1 Å². The van der Waals surface area contributed by atoms with Crippen LogP contribution in [0, 0.1) is 11.8 Å². The summed E-state index contributed by atoms with van der Waals surface area (Å²) in [6.45, 7) is 1.77. The highest BCUT2D eigenvalue weighted by atomic mass is 32.2. The van der Waals surface area contributed by atoms with Crippen molar-refractivity contribution in [1.82, 2.24) is 4.57 Å². The third-order valence-electron chi connectivity index (χ3n) is 3.97. The first-order chi connectivity index (χ1) is 12.9. The van der Waals surface area contributed by atoms with Crippen LogP contribution < -0.4 is 15.0 Å². The molecule has 0 atom stereocenters. The van der Waals surface area contributed by atoms with Gasteiger partial charge in [0.25, 0.3) is 5.56 Å². The summed E-state index contributed by atoms with van der Waals surface area (Å²) in [5.74, 6) is 6.71. The van der Waals surface area contributed by atoms with Crippen molar-refractivity contribution in [3.63, 3.8) is 0 Å². The Morgan fingerprint density at radius 1 is 1.15 bits per heavy atom. The van der Waals surface area contributed by atoms with E-state index in [9.17, 15) is 13.2 Å². The Bertz CT molecular complexity index is 1010. The summed E-state index contributed by atoms with van der Waals surface area (Å²) in [6.07, 6.45) is 2.01. The van der Waals surface area contributed by atoms with Gasteiger partial charge >= 0.3 is 0 Å². The molecule has 0 N–H and O–H groups in total. The molecule has 2 aromatic rings. The zero-order chi connectivity index (χ0) is 19.9. The molecule has 0 fully saturated rings. The van der Waals surface area contributed by atoms with Gasteiger partial charge in [-0.1, -0.05) is 37.0 Å². The molecular weight excluding hydrogens is 366 g/mol. The van der Waals surface area contributed by atoms with E-state index >= 15 is 0 Å². The number of aromatic nitrogens is 1. The fourth-order valence-electron chi connectivity index (χ4n) is 2.41. The number of hydrogen-bond donors (Lipinski definition) is 0. The molecule has 0 unspecified atom stereocenters. The van der Waals surface area contributed by atoms with E-state index in [-0.39, 0.29) is 29.4 Å². The average Bonchev–Trinajstić information content (AvgIpc) is 2.67. The second-order valence-electron chi connectivity index (χ2n) is 5.84. The summed E-state index contributed by atoms with van der Waals surface area (Å²) >= 11 is 0. The zero-order valence-electron chi connectivity index (χ0n) is 15.7. The predicted molar refractivity (Wildman–Crippen MR) is 106 cm³/mol. The van der Waals surface area contributed by atoms with Gasteiger partial charge in [-0.05, 0) is 12.1 Å². The van der Waals surface area contributed by atoms with Crippen LogP contribution >= 0.6 is 0 Å². The molecule has 0 aliphatic rings. The van der Waals surface area contributed by atoms with Crippen LogP contribution in [0.3, 0.4) is 0 Å². The monoisotopic (exact) mass is 389 g/mol. The van der Waals surface area contributed by atoms with Crippen molar-refractivity contribution < 1.29 is 17.9 Å². The predicted octanol–water partition coefficient (Wildman–Crippen LogP) is 2.27. The lowest BCUT2D eigenvalue weighted by Crippen LogP contribution is -2.17. The molecule has 1 heterocycles. The van der Waals surface area contributed by atoms with E-state index < -0.39 is 9.84 Å². The maximum atomic E-state index is 12.0. The molecule has 0 radical (unpaired) electrons. The first kappa shape index (κ1) is 20.6. The van der Waals surface area contributed by atoms with E-state index in [1.54, 1.807) is 26.2 Å². The van der Waals surface area contributed by atoms with Crippen LogP contribution in [-0.4, -0.2) is 38.2 Å². The van der Waals surface area contributed by atoms with E-state index in [1.165, 1.54) is 11.7 Å². The van der Waals surface area contributed by atoms with Gasteiger partial charge < -0.3 is 14.0 Å². The van der Waals surface area contributed by atoms with Gasteiger partial charge in [0.1, 0.15) is 12.4 Å². The summed E-state index contributed by atoms with van der Waals surface area (Å²) < 4.78 is 35.2. The largest absolute Gasteiger partial charge is 0.491 e. The van der Waals surface area contributed by atoms with E-state index in [4.69, 9.17) is 9.47 Å². The quantitative estimate of drug-likeness (QED) is 0.679. The highest BCUT2D eigenvalue weighted by molar-refractivity contribution is 7.91. The minimum atomic E-state index is -3.00. The van der Waals surface area contributed by atoms with Crippen molar-refractivity contribution in [2.45, 2.75) is 13.3 Å². The molecule has 144 valence electrons. The number of pyridine rings is 1. The second-order valence-corrected chi connectivity index (χ2v) is 8.31. The number of para-hydroxylation sites is 1. The number of nitrogens with zero attached hydrogens (tertiary/aromatic N) is 1. The third-order valence-corrected chi connectivity index (χ3v) is 5.68. The summed E-state index contributed by atoms with van der Waals surface area (Å²) in [5, 5.41) is 0. The normalized spacial score (nSPS) is 10.8. The van der Waals surface area contributed by atoms with Crippen LogP contribution in [0.1, 0.15) is 13.3 Å². The van der Waals surface area contributed by atoms with Gasteiger partial charge in [-0.2, -0.15) is 0 Å². The number of hydrogen-bond acceptors (Lipinski definition) is 5. The van der Waals surface area contributed by atoms with Gasteiger partial charge in [-0.25, -0.2) is 8.42 Å². The van der Waals surface area contributed by atoms with Crippen LogP contribution in [0.15, 0.2) is 41.3 Å². The Morgan fingerprint density at radius 2 is 1.89 bits per heavy atom. The van der Waals surface area contributed by atoms with Gasteiger partial charge in [-0.3, -0.25) is 4.79 Å². The molecule has 1 aromatic heterocycles. The molecule has 1 aromatic carbocycles. The molecular formula is C20H23NO5S. The highest BCUT2D eigenvalue weighted by Crippen LogP contribution is 2.30. The fraction of sp³-hybridized carbons (Fsp3) is 0.350. The van der Waals surface area contributed by atoms with E-state index in [0.717, 1.165) is 11.1 Å². The number of benzene rings is 1. The Morgan fingerprint density at radius 3 is 2.59 bits per heavy atom. The van der Waals surface area contributed by atoms with Crippen molar-refractivity contribution in [3.05, 3.63) is 46.9 Å². The first-order valence-electron chi connectivity index (χ1n) is 8.51. The second kappa shape index (κ2) is 9.28. The summed E-state index contributed by atoms with van der Waals surface area (Å²) in [5.41, 5.74) is 1.38. The molecule has 0 aliphatic carbocycles. The summed E-state index contributed by atoms with van der Waals surface area (Å²) in [7, 11) is 0.117. The molecule has 0 spiro atoms. The topological polar surface area (TPSA) is 74.6 Å². The van der Waals surface area contributed by atoms with Gasteiger partial charge in [0.05, 0.1) is 12.9 Å². The number of methoxy groups -OCH3 is 1. The van der Waals surface area contributed by atoms with Gasteiger partial charge in [0, 0.05) is 36.5 Å². The number of ether oxygens (including phenoxy) is 2. The SMILES string of the molecule is CCS(=O)(=O)CCC#CCOc1ccccc1-c1cc(OC)c(=O)n(C)c1. The van der Waals surface area contributed by atoms with Gasteiger partial charge in [-0.15, -0.1) is 0 Å². The van der Waals surface area contributed by atoms with Crippen LogP contribution in [0.2, 0.25) is 0 Å². The van der Waals surface area contributed by atoms with E-state index in [1.807, 2.05) is 24.3 Å². The third kappa shape index (κ3) is 5.63. The van der Waals surface area contributed by atoms with Gasteiger partial charge in [0.2, 0.25) is 0 Å². The minimum Gasteiger partial charge on any atom is -0.491 e. The molecule has 27 heavy (non-hydrogen) atoms. The van der Waals surface area contributed by atoms with Crippen LogP contribution in [0.4, 0.5) is 0 Å². The Kier molecular flexibility index (Phi) is 7.08. The molecule has 0 amide bonds. The maximum absolute atomic E-state index is 12.0. The number of sulfone groups is 1. The zero-order valence-corrected chi connectivity index (χ0v) is 16.5. The standard InChI is InChI=1S/C20H23NO5S/c1-4-27(23,24)13-9-5-8-12-26-18-11-7-6-10-17(18)16-14-19(25-3)20(22)21(2)15-16/h6-7,10-11,14-15H,4,9,12-13H2,1-3H3. The Labute approximate surface area is 159 Å². The Hall–Kier alpha value is -2.72. The minimum absolute atomic E-state index is 0.0604. The van der Waals surface area contributed by atoms with Crippen molar-refractivity contribution in [1.29, 1.82) is 0 Å². The highest BCUT2D eigenvalue weighted by Gasteiger charge is 2.10. The molecule has 6 nitrogen and oxygen atoms in total. The molecule has 2 rings (SSSR count). The lowest BCUT2D eigenvalue weighted by atomic mass is 10.1. The van der Waals surface area contributed by atoms with E-state index in [0.29, 0.717) is 12.2 Å². The fourth-order valence-corrected chi connectivity index (χ4v) is 3.11. The van der Waals surface area contributed by atoms with Crippen LogP contribution in [0.5, 0.6) is 11.5 Å². The number of rotatable bonds is 7.